The first kappa shape index (κ1) is 14.9. The molecule has 0 saturated carbocycles. The van der Waals surface area contributed by atoms with E-state index in [1.807, 2.05) is 6.92 Å². The number of nitrogens with one attached hydrogen (secondary N) is 1. The number of nitrogens with two attached hydrogens (primary N) is 1. The summed E-state index contributed by atoms with van der Waals surface area (Å²) in [6, 6.07) is 0. The minimum absolute atomic E-state index is 0.00849. The molecule has 0 radical (unpaired) electrons. The van der Waals surface area contributed by atoms with E-state index >= 15 is 0 Å². The molecule has 16 heavy (non-hydrogen) atoms. The molecule has 6 heteroatoms. The van der Waals surface area contributed by atoms with Gasteiger partial charge in [-0.2, -0.15) is 0 Å². The van der Waals surface area contributed by atoms with Gasteiger partial charge < -0.3 is 21.3 Å². The molecule has 6 nitrogen and oxygen atoms in total. The van der Waals surface area contributed by atoms with Crippen LogP contribution in [0.3, 0.4) is 0 Å². The Labute approximate surface area is 94.8 Å². The first-order valence-electron chi connectivity index (χ1n) is 5.26. The standard InChI is InChI=1S/C10H20N2O4/c1-3-10(2,6-11)9(16)12-5-4-7(13)8(14)15/h7,13H,3-6,11H2,1-2H3,(H,12,16)(H,14,15). The average molecular weight is 232 g/mol. The number of amides is 1. The third-order valence-corrected chi connectivity index (χ3v) is 2.77. The Hall–Kier alpha value is -1.14. The van der Waals surface area contributed by atoms with Crippen molar-refractivity contribution in [1.82, 2.24) is 5.32 Å². The lowest BCUT2D eigenvalue weighted by atomic mass is 9.86. The van der Waals surface area contributed by atoms with E-state index in [1.54, 1.807) is 6.92 Å². The second-order valence-corrected chi connectivity index (χ2v) is 4.02. The number of rotatable bonds is 7. The monoisotopic (exact) mass is 232 g/mol. The van der Waals surface area contributed by atoms with Gasteiger partial charge in [0.25, 0.3) is 0 Å². The topological polar surface area (TPSA) is 113 Å². The Bertz CT molecular complexity index is 251. The van der Waals surface area contributed by atoms with Gasteiger partial charge in [-0.25, -0.2) is 4.79 Å². The molecule has 0 aliphatic heterocycles. The molecule has 0 spiro atoms. The molecule has 0 aromatic rings. The van der Waals surface area contributed by atoms with Gasteiger partial charge >= 0.3 is 5.97 Å². The van der Waals surface area contributed by atoms with Crippen molar-refractivity contribution < 1.29 is 19.8 Å². The van der Waals surface area contributed by atoms with Crippen molar-refractivity contribution >= 4 is 11.9 Å². The highest BCUT2D eigenvalue weighted by molar-refractivity contribution is 5.82. The van der Waals surface area contributed by atoms with Crippen molar-refractivity contribution in [3.8, 4) is 0 Å². The molecular weight excluding hydrogens is 212 g/mol. The van der Waals surface area contributed by atoms with Crippen LogP contribution in [0.2, 0.25) is 0 Å². The van der Waals surface area contributed by atoms with Gasteiger partial charge in [-0.05, 0) is 13.3 Å². The molecule has 0 aliphatic carbocycles. The molecule has 0 heterocycles. The maximum Gasteiger partial charge on any atom is 0.332 e. The van der Waals surface area contributed by atoms with Gasteiger partial charge in [-0.15, -0.1) is 0 Å². The Morgan fingerprint density at radius 2 is 2.06 bits per heavy atom. The lowest BCUT2D eigenvalue weighted by Crippen LogP contribution is -2.44. The van der Waals surface area contributed by atoms with E-state index in [0.29, 0.717) is 6.42 Å². The molecular formula is C10H20N2O4. The zero-order chi connectivity index (χ0) is 12.8. The van der Waals surface area contributed by atoms with Crippen LogP contribution in [0.4, 0.5) is 0 Å². The number of hydrogen-bond acceptors (Lipinski definition) is 4. The average Bonchev–Trinajstić information content (AvgIpc) is 2.27. The highest BCUT2D eigenvalue weighted by atomic mass is 16.4. The first-order valence-corrected chi connectivity index (χ1v) is 5.26. The van der Waals surface area contributed by atoms with Gasteiger partial charge in [-0.1, -0.05) is 6.92 Å². The summed E-state index contributed by atoms with van der Waals surface area (Å²) in [6.07, 6.45) is -0.839. The van der Waals surface area contributed by atoms with E-state index in [0.717, 1.165) is 0 Å². The van der Waals surface area contributed by atoms with Gasteiger partial charge in [0.05, 0.1) is 5.41 Å². The van der Waals surface area contributed by atoms with E-state index < -0.39 is 17.5 Å². The molecule has 0 aliphatic rings. The Kier molecular flexibility index (Phi) is 5.98. The summed E-state index contributed by atoms with van der Waals surface area (Å²) in [5.74, 6) is -1.50. The molecule has 0 rings (SSSR count). The van der Waals surface area contributed by atoms with Crippen molar-refractivity contribution in [3.63, 3.8) is 0 Å². The molecule has 1 amide bonds. The molecule has 5 N–H and O–H groups in total. The SMILES string of the molecule is CCC(C)(CN)C(=O)NCCC(O)C(=O)O. The van der Waals surface area contributed by atoms with Crippen LogP contribution < -0.4 is 11.1 Å². The zero-order valence-electron chi connectivity index (χ0n) is 9.69. The van der Waals surface area contributed by atoms with Crippen molar-refractivity contribution in [2.45, 2.75) is 32.8 Å². The van der Waals surface area contributed by atoms with Crippen molar-refractivity contribution in [3.05, 3.63) is 0 Å². The number of carboxylic acids is 1. The molecule has 2 unspecified atom stereocenters. The summed E-state index contributed by atoms with van der Waals surface area (Å²) in [4.78, 5) is 22.0. The minimum Gasteiger partial charge on any atom is -0.479 e. The second-order valence-electron chi connectivity index (χ2n) is 4.02. The summed E-state index contributed by atoms with van der Waals surface area (Å²) in [5.41, 5.74) is 4.86. The van der Waals surface area contributed by atoms with Gasteiger partial charge in [0.2, 0.25) is 5.91 Å². The summed E-state index contributed by atoms with van der Waals surface area (Å²) in [6.45, 7) is 3.97. The smallest absolute Gasteiger partial charge is 0.332 e. The number of aliphatic hydroxyl groups is 1. The van der Waals surface area contributed by atoms with Crippen molar-refractivity contribution in [2.24, 2.45) is 11.1 Å². The lowest BCUT2D eigenvalue weighted by Gasteiger charge is -2.25. The number of aliphatic carboxylic acids is 1. The highest BCUT2D eigenvalue weighted by Crippen LogP contribution is 2.18. The van der Waals surface area contributed by atoms with E-state index in [2.05, 4.69) is 5.32 Å². The number of carboxylic acid groups (broad SMARTS) is 1. The van der Waals surface area contributed by atoms with Crippen LogP contribution in [-0.4, -0.2) is 41.3 Å². The van der Waals surface area contributed by atoms with E-state index in [1.165, 1.54) is 0 Å². The van der Waals surface area contributed by atoms with Gasteiger partial charge in [-0.3, -0.25) is 4.79 Å². The van der Waals surface area contributed by atoms with Gasteiger partial charge in [0.15, 0.2) is 6.10 Å². The number of hydrogen-bond donors (Lipinski definition) is 4. The van der Waals surface area contributed by atoms with Crippen LogP contribution in [0, 0.1) is 5.41 Å². The van der Waals surface area contributed by atoms with Gasteiger partial charge in [0.1, 0.15) is 0 Å². The number of carbonyl (C=O) groups is 2. The fourth-order valence-corrected chi connectivity index (χ4v) is 1.06. The zero-order valence-corrected chi connectivity index (χ0v) is 9.69. The third-order valence-electron chi connectivity index (χ3n) is 2.77. The third kappa shape index (κ3) is 4.16. The molecule has 0 saturated heterocycles. The number of aliphatic hydroxyl groups excluding tert-OH is 1. The Morgan fingerprint density at radius 1 is 1.50 bits per heavy atom. The van der Waals surface area contributed by atoms with E-state index in [-0.39, 0.29) is 25.4 Å². The van der Waals surface area contributed by atoms with Crippen molar-refractivity contribution in [2.75, 3.05) is 13.1 Å². The van der Waals surface area contributed by atoms with Gasteiger partial charge in [0, 0.05) is 19.5 Å². The molecule has 0 fully saturated rings. The normalized spacial score (nSPS) is 16.2. The maximum atomic E-state index is 11.7. The highest BCUT2D eigenvalue weighted by Gasteiger charge is 2.29. The lowest BCUT2D eigenvalue weighted by molar-refractivity contribution is -0.147. The Morgan fingerprint density at radius 3 is 2.44 bits per heavy atom. The summed E-state index contributed by atoms with van der Waals surface area (Å²) in [5, 5.41) is 20.0. The van der Waals surface area contributed by atoms with Crippen LogP contribution in [0.1, 0.15) is 26.7 Å². The quantitative estimate of drug-likeness (QED) is 0.464. The fourth-order valence-electron chi connectivity index (χ4n) is 1.06. The second kappa shape index (κ2) is 6.44. The molecule has 0 aromatic carbocycles. The number of carbonyl (C=O) groups excluding carboxylic acids is 1. The minimum atomic E-state index is -1.44. The van der Waals surface area contributed by atoms with E-state index in [9.17, 15) is 9.59 Å². The van der Waals surface area contributed by atoms with Crippen LogP contribution >= 0.6 is 0 Å². The molecule has 0 aromatic heterocycles. The molecule has 0 bridgehead atoms. The summed E-state index contributed by atoms with van der Waals surface area (Å²) in [7, 11) is 0. The summed E-state index contributed by atoms with van der Waals surface area (Å²) >= 11 is 0. The van der Waals surface area contributed by atoms with Crippen LogP contribution in [0.5, 0.6) is 0 Å². The summed E-state index contributed by atoms with van der Waals surface area (Å²) < 4.78 is 0. The first-order chi connectivity index (χ1) is 7.37. The molecule has 2 atom stereocenters. The predicted molar refractivity (Wildman–Crippen MR) is 58.7 cm³/mol. The molecule has 94 valence electrons. The van der Waals surface area contributed by atoms with Crippen molar-refractivity contribution in [1.29, 1.82) is 0 Å². The Balaban J connectivity index is 4.03. The largest absolute Gasteiger partial charge is 0.479 e. The van der Waals surface area contributed by atoms with E-state index in [4.69, 9.17) is 15.9 Å². The maximum absolute atomic E-state index is 11.7. The predicted octanol–water partition coefficient (Wildman–Crippen LogP) is -0.687. The van der Waals surface area contributed by atoms with Crippen LogP contribution in [0.15, 0.2) is 0 Å². The van der Waals surface area contributed by atoms with Crippen LogP contribution in [-0.2, 0) is 9.59 Å². The fraction of sp³-hybridized carbons (Fsp3) is 0.800. The van der Waals surface area contributed by atoms with Crippen LogP contribution in [0.25, 0.3) is 0 Å².